The quantitative estimate of drug-likeness (QED) is 0.273. The number of anilines is 1. The van der Waals surface area contributed by atoms with E-state index in [1.165, 1.54) is 0 Å². The monoisotopic (exact) mass is 398 g/mol. The van der Waals surface area contributed by atoms with Crippen molar-refractivity contribution in [2.45, 2.75) is 18.6 Å². The minimum absolute atomic E-state index is 0.168. The molecule has 1 saturated heterocycles. The Morgan fingerprint density at radius 2 is 2.28 bits per heavy atom. The number of nitrogen functional groups attached to an aromatic ring is 1. The maximum atomic E-state index is 12.9. The molecule has 1 atom stereocenters. The SMILES string of the molecule is C[NH+]=C(C(=O)NC1(CO)CCNC1=O)c1cc(OCc2cccnc2)ccc1N. The fourth-order valence-electron chi connectivity index (χ4n) is 3.12. The summed E-state index contributed by atoms with van der Waals surface area (Å²) < 4.78 is 5.78. The number of aliphatic hydroxyl groups excluding tert-OH is 1. The summed E-state index contributed by atoms with van der Waals surface area (Å²) in [7, 11) is 1.58. The van der Waals surface area contributed by atoms with Crippen molar-refractivity contribution in [3.63, 3.8) is 0 Å². The van der Waals surface area contributed by atoms with Crippen molar-refractivity contribution in [1.82, 2.24) is 15.6 Å². The van der Waals surface area contributed by atoms with Gasteiger partial charge in [0.2, 0.25) is 5.91 Å². The van der Waals surface area contributed by atoms with Gasteiger partial charge in [-0.1, -0.05) is 6.07 Å². The molecule has 2 heterocycles. The van der Waals surface area contributed by atoms with Gasteiger partial charge >= 0.3 is 5.91 Å². The Balaban J connectivity index is 1.79. The van der Waals surface area contributed by atoms with Crippen LogP contribution in [0.3, 0.4) is 0 Å². The number of nitrogens with zero attached hydrogens (tertiary/aromatic N) is 1. The van der Waals surface area contributed by atoms with Gasteiger partial charge in [-0.3, -0.25) is 14.6 Å². The van der Waals surface area contributed by atoms with Gasteiger partial charge < -0.3 is 26.2 Å². The number of benzene rings is 1. The average molecular weight is 398 g/mol. The van der Waals surface area contributed by atoms with Crippen molar-refractivity contribution in [2.75, 3.05) is 25.9 Å². The van der Waals surface area contributed by atoms with E-state index in [1.54, 1.807) is 37.6 Å². The van der Waals surface area contributed by atoms with Crippen LogP contribution in [0.4, 0.5) is 5.69 Å². The molecule has 0 spiro atoms. The highest BCUT2D eigenvalue weighted by atomic mass is 16.5. The first-order chi connectivity index (χ1) is 14.0. The predicted octanol–water partition coefficient (Wildman–Crippen LogP) is -1.89. The van der Waals surface area contributed by atoms with Crippen LogP contribution in [0.25, 0.3) is 0 Å². The van der Waals surface area contributed by atoms with E-state index in [4.69, 9.17) is 10.5 Å². The fourth-order valence-corrected chi connectivity index (χ4v) is 3.12. The van der Waals surface area contributed by atoms with E-state index in [0.29, 0.717) is 36.6 Å². The first-order valence-electron chi connectivity index (χ1n) is 9.17. The molecule has 9 heteroatoms. The number of hydrogen-bond acceptors (Lipinski definition) is 6. The number of carbonyl (C=O) groups is 2. The van der Waals surface area contributed by atoms with E-state index in [-0.39, 0.29) is 5.71 Å². The Kier molecular flexibility index (Phi) is 6.08. The molecule has 1 aliphatic rings. The molecule has 9 nitrogen and oxygen atoms in total. The summed E-state index contributed by atoms with van der Waals surface area (Å²) in [6.45, 7) is 0.200. The summed E-state index contributed by atoms with van der Waals surface area (Å²) in [5, 5.41) is 14.9. The van der Waals surface area contributed by atoms with Crippen LogP contribution in [0.15, 0.2) is 42.7 Å². The zero-order valence-corrected chi connectivity index (χ0v) is 16.1. The Morgan fingerprint density at radius 1 is 1.45 bits per heavy atom. The molecule has 0 bridgehead atoms. The Bertz CT molecular complexity index is 932. The van der Waals surface area contributed by atoms with Gasteiger partial charge in [0, 0.05) is 30.2 Å². The topological polar surface area (TPSA) is 141 Å². The van der Waals surface area contributed by atoms with Gasteiger partial charge in [0.1, 0.15) is 24.9 Å². The molecule has 1 unspecified atom stereocenters. The molecule has 2 amide bonds. The lowest BCUT2D eigenvalue weighted by Crippen LogP contribution is -2.73. The van der Waals surface area contributed by atoms with Crippen LogP contribution in [0.5, 0.6) is 5.75 Å². The highest BCUT2D eigenvalue weighted by Crippen LogP contribution is 2.22. The number of aliphatic hydroxyl groups is 1. The Morgan fingerprint density at radius 3 is 2.90 bits per heavy atom. The molecule has 1 fully saturated rings. The lowest BCUT2D eigenvalue weighted by molar-refractivity contribution is -0.418. The van der Waals surface area contributed by atoms with E-state index in [0.717, 1.165) is 5.56 Å². The van der Waals surface area contributed by atoms with Gasteiger partial charge in [-0.15, -0.1) is 0 Å². The summed E-state index contributed by atoms with van der Waals surface area (Å²) >= 11 is 0. The predicted molar refractivity (Wildman–Crippen MR) is 106 cm³/mol. The molecule has 0 aliphatic carbocycles. The van der Waals surface area contributed by atoms with Crippen molar-refractivity contribution >= 4 is 23.2 Å². The molecule has 6 N–H and O–H groups in total. The van der Waals surface area contributed by atoms with Gasteiger partial charge in [-0.05, 0) is 30.7 Å². The van der Waals surface area contributed by atoms with Crippen molar-refractivity contribution < 1.29 is 24.4 Å². The van der Waals surface area contributed by atoms with E-state index >= 15 is 0 Å². The lowest BCUT2D eigenvalue weighted by Gasteiger charge is -2.24. The van der Waals surface area contributed by atoms with Crippen LogP contribution in [0.2, 0.25) is 0 Å². The summed E-state index contributed by atoms with van der Waals surface area (Å²) in [5.41, 5.74) is 6.60. The summed E-state index contributed by atoms with van der Waals surface area (Å²) in [4.78, 5) is 31.8. The zero-order chi connectivity index (χ0) is 20.9. The van der Waals surface area contributed by atoms with Crippen molar-refractivity contribution in [3.8, 4) is 5.75 Å². The minimum atomic E-state index is -1.34. The molecule has 29 heavy (non-hydrogen) atoms. The molecule has 1 aliphatic heterocycles. The third-order valence-electron chi connectivity index (χ3n) is 4.79. The van der Waals surface area contributed by atoms with Crippen LogP contribution in [-0.4, -0.2) is 53.4 Å². The second kappa shape index (κ2) is 8.70. The van der Waals surface area contributed by atoms with Gasteiger partial charge in [0.15, 0.2) is 0 Å². The number of ether oxygens (including phenoxy) is 1. The van der Waals surface area contributed by atoms with Gasteiger partial charge in [-0.2, -0.15) is 0 Å². The highest BCUT2D eigenvalue weighted by molar-refractivity contribution is 6.44. The van der Waals surface area contributed by atoms with Gasteiger partial charge in [0.05, 0.1) is 12.2 Å². The fraction of sp³-hybridized carbons (Fsp3) is 0.300. The number of carbonyl (C=O) groups excluding carboxylic acids is 2. The van der Waals surface area contributed by atoms with Crippen LogP contribution in [0, 0.1) is 0 Å². The Hall–Kier alpha value is -3.46. The molecular formula is C20H24N5O4+. The molecule has 3 rings (SSSR count). The van der Waals surface area contributed by atoms with Crippen LogP contribution in [-0.2, 0) is 16.2 Å². The number of rotatable bonds is 7. The largest absolute Gasteiger partial charge is 0.489 e. The van der Waals surface area contributed by atoms with Crippen LogP contribution in [0.1, 0.15) is 17.5 Å². The van der Waals surface area contributed by atoms with Crippen molar-refractivity contribution in [1.29, 1.82) is 0 Å². The minimum Gasteiger partial charge on any atom is -0.489 e. The summed E-state index contributed by atoms with van der Waals surface area (Å²) in [6.07, 6.45) is 3.69. The summed E-state index contributed by atoms with van der Waals surface area (Å²) in [5.74, 6) is -0.436. The van der Waals surface area contributed by atoms with E-state index < -0.39 is 24.0 Å². The second-order valence-electron chi connectivity index (χ2n) is 6.72. The molecule has 152 valence electrons. The average Bonchev–Trinajstić information content (AvgIpc) is 3.10. The maximum Gasteiger partial charge on any atom is 0.317 e. The number of nitrogens with one attached hydrogen (secondary N) is 3. The molecular weight excluding hydrogens is 374 g/mol. The van der Waals surface area contributed by atoms with Crippen molar-refractivity contribution in [3.05, 3.63) is 53.9 Å². The van der Waals surface area contributed by atoms with Gasteiger partial charge in [-0.25, -0.2) is 4.99 Å². The first kappa shape index (κ1) is 20.3. The first-order valence-corrected chi connectivity index (χ1v) is 9.17. The van der Waals surface area contributed by atoms with Crippen LogP contribution >= 0.6 is 0 Å². The van der Waals surface area contributed by atoms with Crippen molar-refractivity contribution in [2.24, 2.45) is 0 Å². The maximum absolute atomic E-state index is 12.9. The summed E-state index contributed by atoms with van der Waals surface area (Å²) in [6, 6.07) is 8.71. The zero-order valence-electron chi connectivity index (χ0n) is 16.1. The number of amides is 2. The normalized spacial score (nSPS) is 19.0. The number of nitrogens with two attached hydrogens (primary N) is 1. The van der Waals surface area contributed by atoms with E-state index in [9.17, 15) is 14.7 Å². The lowest BCUT2D eigenvalue weighted by atomic mass is 9.97. The van der Waals surface area contributed by atoms with Crippen LogP contribution < -0.4 is 26.1 Å². The third kappa shape index (κ3) is 4.35. The molecule has 0 radical (unpaired) electrons. The van der Waals surface area contributed by atoms with E-state index in [2.05, 4.69) is 20.6 Å². The van der Waals surface area contributed by atoms with E-state index in [1.807, 2.05) is 12.1 Å². The number of aromatic nitrogens is 1. The smallest absolute Gasteiger partial charge is 0.317 e. The molecule has 1 aromatic heterocycles. The Labute approximate surface area is 168 Å². The second-order valence-corrected chi connectivity index (χ2v) is 6.72. The molecule has 0 saturated carbocycles. The standard InChI is InChI=1S/C20H23N5O4/c1-22-17(18(27)25-20(12-26)6-8-24-19(20)28)15-9-14(4-5-16(15)21)29-11-13-3-2-7-23-10-13/h2-5,7,9-10,26H,6,8,11-12,21H2,1H3,(H,24,28)(H,25,27)/p+1. The van der Waals surface area contributed by atoms with Gasteiger partial charge in [0.25, 0.3) is 5.71 Å². The third-order valence-corrected chi connectivity index (χ3v) is 4.79. The number of pyridine rings is 1. The molecule has 1 aromatic carbocycles. The number of hydrogen-bond donors (Lipinski definition) is 5. The highest BCUT2D eigenvalue weighted by Gasteiger charge is 2.44. The molecule has 2 aromatic rings.